The summed E-state index contributed by atoms with van der Waals surface area (Å²) < 4.78 is 15.4. The van der Waals surface area contributed by atoms with E-state index in [0.717, 1.165) is 11.1 Å². The Labute approximate surface area is 202 Å². The standard InChI is InChI=1S/C27H27FN4O3/c1-3-17(2)23(27(34)35)31-26(33)20-13-14-32-22(15-20)30-24(19-9-11-21(28)12-10-19)25(32)29-16-18-7-5-4-6-8-18/h4-15,17,23,29H,3,16H2,1-2H3,(H,31,33)(H,34,35). The molecule has 0 spiro atoms. The largest absolute Gasteiger partial charge is 0.480 e. The van der Waals surface area contributed by atoms with Gasteiger partial charge >= 0.3 is 5.97 Å². The van der Waals surface area contributed by atoms with Crippen molar-refractivity contribution < 1.29 is 19.1 Å². The van der Waals surface area contributed by atoms with Gasteiger partial charge in [-0.05, 0) is 47.9 Å². The molecule has 3 N–H and O–H groups in total. The number of carboxylic acids is 1. The summed E-state index contributed by atoms with van der Waals surface area (Å²) in [6.45, 7) is 4.21. The fraction of sp³-hybridized carbons (Fsp3) is 0.222. The number of halogens is 1. The topological polar surface area (TPSA) is 95.7 Å². The lowest BCUT2D eigenvalue weighted by atomic mass is 9.99. The van der Waals surface area contributed by atoms with Crippen LogP contribution in [0.25, 0.3) is 16.9 Å². The van der Waals surface area contributed by atoms with Gasteiger partial charge in [-0.1, -0.05) is 50.6 Å². The number of fused-ring (bicyclic) bond motifs is 1. The Bertz CT molecular complexity index is 1340. The third kappa shape index (κ3) is 5.32. The van der Waals surface area contributed by atoms with E-state index in [-0.39, 0.29) is 11.7 Å². The predicted molar refractivity (Wildman–Crippen MR) is 133 cm³/mol. The van der Waals surface area contributed by atoms with Crippen molar-refractivity contribution in [3.8, 4) is 11.3 Å². The zero-order chi connectivity index (χ0) is 24.9. The molecule has 0 aliphatic heterocycles. The number of nitrogens with one attached hydrogen (secondary N) is 2. The molecule has 0 saturated heterocycles. The molecule has 2 atom stereocenters. The van der Waals surface area contributed by atoms with Gasteiger partial charge in [-0.25, -0.2) is 14.2 Å². The van der Waals surface area contributed by atoms with Crippen LogP contribution in [0.2, 0.25) is 0 Å². The Morgan fingerprint density at radius 3 is 2.46 bits per heavy atom. The van der Waals surface area contributed by atoms with E-state index >= 15 is 0 Å². The van der Waals surface area contributed by atoms with Gasteiger partial charge in [0.15, 0.2) is 0 Å². The maximum atomic E-state index is 13.5. The van der Waals surface area contributed by atoms with E-state index in [9.17, 15) is 19.1 Å². The van der Waals surface area contributed by atoms with E-state index in [1.165, 1.54) is 12.1 Å². The highest BCUT2D eigenvalue weighted by Crippen LogP contribution is 2.30. The summed E-state index contributed by atoms with van der Waals surface area (Å²) >= 11 is 0. The summed E-state index contributed by atoms with van der Waals surface area (Å²) in [6, 6.07) is 18.2. The number of imidazole rings is 1. The number of aromatic nitrogens is 2. The fourth-order valence-corrected chi connectivity index (χ4v) is 3.85. The second-order valence-corrected chi connectivity index (χ2v) is 8.47. The van der Waals surface area contributed by atoms with Crippen molar-refractivity contribution in [1.82, 2.24) is 14.7 Å². The Hall–Kier alpha value is -4.20. The highest BCUT2D eigenvalue weighted by molar-refractivity contribution is 5.97. The van der Waals surface area contributed by atoms with Crippen LogP contribution >= 0.6 is 0 Å². The number of rotatable bonds is 9. The summed E-state index contributed by atoms with van der Waals surface area (Å²) in [5.41, 5.74) is 3.22. The van der Waals surface area contributed by atoms with Crippen molar-refractivity contribution in [2.45, 2.75) is 32.9 Å². The van der Waals surface area contributed by atoms with Gasteiger partial charge < -0.3 is 15.7 Å². The number of aliphatic carboxylic acids is 1. The maximum absolute atomic E-state index is 13.5. The van der Waals surface area contributed by atoms with Gasteiger partial charge in [-0.3, -0.25) is 9.20 Å². The number of pyridine rings is 1. The summed E-state index contributed by atoms with van der Waals surface area (Å²) in [5.74, 6) is -1.41. The van der Waals surface area contributed by atoms with Crippen molar-refractivity contribution in [3.05, 3.63) is 89.9 Å². The lowest BCUT2D eigenvalue weighted by molar-refractivity contribution is -0.140. The summed E-state index contributed by atoms with van der Waals surface area (Å²) in [4.78, 5) is 29.2. The number of anilines is 1. The average Bonchev–Trinajstić information content (AvgIpc) is 3.24. The van der Waals surface area contributed by atoms with Gasteiger partial charge in [-0.2, -0.15) is 0 Å². The van der Waals surface area contributed by atoms with Crippen LogP contribution < -0.4 is 10.6 Å². The normalized spacial score (nSPS) is 12.8. The number of hydrogen-bond donors (Lipinski definition) is 3. The third-order valence-corrected chi connectivity index (χ3v) is 6.07. The molecule has 0 radical (unpaired) electrons. The summed E-state index contributed by atoms with van der Waals surface area (Å²) in [5, 5.41) is 15.5. The SMILES string of the molecule is CCC(C)C(NC(=O)c1ccn2c(NCc3ccccc3)c(-c3ccc(F)cc3)nc2c1)C(=O)O. The van der Waals surface area contributed by atoms with E-state index in [0.29, 0.717) is 35.7 Å². The van der Waals surface area contributed by atoms with Gasteiger partial charge in [0.2, 0.25) is 0 Å². The molecule has 0 bridgehead atoms. The first-order valence-corrected chi connectivity index (χ1v) is 11.5. The Morgan fingerprint density at radius 2 is 1.80 bits per heavy atom. The van der Waals surface area contributed by atoms with Crippen molar-refractivity contribution >= 4 is 23.3 Å². The van der Waals surface area contributed by atoms with Crippen LogP contribution in [-0.4, -0.2) is 32.4 Å². The molecule has 1 amide bonds. The molecular weight excluding hydrogens is 447 g/mol. The lowest BCUT2D eigenvalue weighted by Crippen LogP contribution is -2.45. The molecule has 35 heavy (non-hydrogen) atoms. The second-order valence-electron chi connectivity index (χ2n) is 8.47. The van der Waals surface area contributed by atoms with E-state index < -0.39 is 17.9 Å². The zero-order valence-corrected chi connectivity index (χ0v) is 19.5. The molecule has 2 heterocycles. The molecule has 2 unspecified atom stereocenters. The van der Waals surface area contributed by atoms with Gasteiger partial charge in [0, 0.05) is 23.9 Å². The minimum absolute atomic E-state index is 0.217. The molecule has 0 aliphatic rings. The van der Waals surface area contributed by atoms with Gasteiger partial charge in [0.05, 0.1) is 0 Å². The quantitative estimate of drug-likeness (QED) is 0.318. The first kappa shape index (κ1) is 23.9. The molecule has 4 rings (SSSR count). The Balaban J connectivity index is 1.70. The lowest BCUT2D eigenvalue weighted by Gasteiger charge is -2.20. The third-order valence-electron chi connectivity index (χ3n) is 6.07. The number of amides is 1. The highest BCUT2D eigenvalue weighted by Gasteiger charge is 2.26. The molecule has 0 saturated carbocycles. The number of carbonyl (C=O) groups excluding carboxylic acids is 1. The number of nitrogens with zero attached hydrogens (tertiary/aromatic N) is 2. The van der Waals surface area contributed by atoms with Crippen molar-refractivity contribution in [2.75, 3.05) is 5.32 Å². The van der Waals surface area contributed by atoms with E-state index in [1.807, 2.05) is 41.7 Å². The van der Waals surface area contributed by atoms with E-state index in [1.54, 1.807) is 37.4 Å². The highest BCUT2D eigenvalue weighted by atomic mass is 19.1. The van der Waals surface area contributed by atoms with Crippen LogP contribution in [0.5, 0.6) is 0 Å². The minimum atomic E-state index is -1.07. The molecule has 2 aromatic carbocycles. The molecule has 0 aliphatic carbocycles. The van der Waals surface area contributed by atoms with Gasteiger partial charge in [0.1, 0.15) is 29.0 Å². The molecule has 0 fully saturated rings. The molecule has 8 heteroatoms. The summed E-state index contributed by atoms with van der Waals surface area (Å²) in [7, 11) is 0. The van der Waals surface area contributed by atoms with Crippen LogP contribution in [0.15, 0.2) is 72.9 Å². The molecule has 4 aromatic rings. The van der Waals surface area contributed by atoms with E-state index in [4.69, 9.17) is 4.98 Å². The predicted octanol–water partition coefficient (Wildman–Crippen LogP) is 4.98. The van der Waals surface area contributed by atoms with Crippen LogP contribution in [-0.2, 0) is 11.3 Å². The maximum Gasteiger partial charge on any atom is 0.326 e. The zero-order valence-electron chi connectivity index (χ0n) is 19.5. The van der Waals surface area contributed by atoms with Crippen LogP contribution in [0.1, 0.15) is 36.2 Å². The molecular formula is C27H27FN4O3. The minimum Gasteiger partial charge on any atom is -0.480 e. The Morgan fingerprint density at radius 1 is 1.09 bits per heavy atom. The molecule has 2 aromatic heterocycles. The van der Waals surface area contributed by atoms with Crippen LogP contribution in [0.3, 0.4) is 0 Å². The smallest absolute Gasteiger partial charge is 0.326 e. The fourth-order valence-electron chi connectivity index (χ4n) is 3.85. The first-order chi connectivity index (χ1) is 16.9. The summed E-state index contributed by atoms with van der Waals surface area (Å²) in [6.07, 6.45) is 2.34. The molecule has 180 valence electrons. The monoisotopic (exact) mass is 474 g/mol. The van der Waals surface area contributed by atoms with Gasteiger partial charge in [-0.15, -0.1) is 0 Å². The second kappa shape index (κ2) is 10.4. The van der Waals surface area contributed by atoms with Crippen LogP contribution in [0.4, 0.5) is 10.2 Å². The van der Waals surface area contributed by atoms with Crippen LogP contribution in [0, 0.1) is 11.7 Å². The number of benzene rings is 2. The van der Waals surface area contributed by atoms with Gasteiger partial charge in [0.25, 0.3) is 5.91 Å². The average molecular weight is 475 g/mol. The van der Waals surface area contributed by atoms with Crippen molar-refractivity contribution in [3.63, 3.8) is 0 Å². The van der Waals surface area contributed by atoms with Crippen molar-refractivity contribution in [2.24, 2.45) is 5.92 Å². The number of carbonyl (C=O) groups is 2. The first-order valence-electron chi connectivity index (χ1n) is 11.5. The number of carboxylic acid groups (broad SMARTS) is 1. The Kier molecular flexibility index (Phi) is 7.10. The number of hydrogen-bond acceptors (Lipinski definition) is 4. The molecule has 7 nitrogen and oxygen atoms in total. The van der Waals surface area contributed by atoms with E-state index in [2.05, 4.69) is 10.6 Å². The van der Waals surface area contributed by atoms with Crippen molar-refractivity contribution in [1.29, 1.82) is 0 Å².